The highest BCUT2D eigenvalue weighted by atomic mass is 32.1. The van der Waals surface area contributed by atoms with Gasteiger partial charge in [0, 0.05) is 18.0 Å². The summed E-state index contributed by atoms with van der Waals surface area (Å²) in [6.45, 7) is 3.11. The molecule has 0 aliphatic heterocycles. The first-order valence-corrected chi connectivity index (χ1v) is 10.0. The topological polar surface area (TPSA) is 46.9 Å². The molecular formula is C20H22FN3OS. The molecule has 0 saturated heterocycles. The molecule has 0 bridgehead atoms. The van der Waals surface area contributed by atoms with Gasteiger partial charge in [0.15, 0.2) is 0 Å². The fourth-order valence-corrected chi connectivity index (χ4v) is 4.88. The van der Waals surface area contributed by atoms with Gasteiger partial charge in [-0.2, -0.15) is 0 Å². The van der Waals surface area contributed by atoms with Gasteiger partial charge in [-0.3, -0.25) is 9.36 Å². The van der Waals surface area contributed by atoms with Crippen molar-refractivity contribution in [2.75, 3.05) is 5.32 Å². The standard InChI is InChI=1S/C20H22FN3OS/c1-2-10-24-19(25)17-15-8-3-4-9-16(15)26-18(17)23-20(24)22-12-13-6-5-7-14(21)11-13/h5-7,11H,2-4,8-10,12H2,1H3,(H,22,23). The number of benzene rings is 1. The fourth-order valence-electron chi connectivity index (χ4n) is 3.63. The van der Waals surface area contributed by atoms with E-state index in [-0.39, 0.29) is 11.4 Å². The number of aromatic nitrogens is 2. The van der Waals surface area contributed by atoms with Crippen molar-refractivity contribution in [3.05, 3.63) is 56.4 Å². The highest BCUT2D eigenvalue weighted by molar-refractivity contribution is 7.18. The molecule has 0 saturated carbocycles. The number of hydrogen-bond acceptors (Lipinski definition) is 4. The van der Waals surface area contributed by atoms with E-state index in [1.54, 1.807) is 22.0 Å². The second-order valence-electron chi connectivity index (χ2n) is 6.77. The predicted molar refractivity (Wildman–Crippen MR) is 105 cm³/mol. The Balaban J connectivity index is 1.75. The normalized spacial score (nSPS) is 13.8. The van der Waals surface area contributed by atoms with Crippen molar-refractivity contribution >= 4 is 27.5 Å². The highest BCUT2D eigenvalue weighted by Crippen LogP contribution is 2.34. The molecule has 1 aliphatic carbocycles. The molecule has 136 valence electrons. The van der Waals surface area contributed by atoms with Gasteiger partial charge in [-0.05, 0) is 55.4 Å². The number of aryl methyl sites for hydroxylation is 2. The maximum absolute atomic E-state index is 13.4. The van der Waals surface area contributed by atoms with Crippen LogP contribution in [0.3, 0.4) is 0 Å². The van der Waals surface area contributed by atoms with E-state index >= 15 is 0 Å². The van der Waals surface area contributed by atoms with Crippen molar-refractivity contribution in [3.8, 4) is 0 Å². The molecule has 1 aliphatic rings. The smallest absolute Gasteiger partial charge is 0.263 e. The van der Waals surface area contributed by atoms with Crippen LogP contribution in [0.4, 0.5) is 10.3 Å². The Labute approximate surface area is 155 Å². The number of rotatable bonds is 5. The van der Waals surface area contributed by atoms with Gasteiger partial charge in [0.1, 0.15) is 10.6 Å². The summed E-state index contributed by atoms with van der Waals surface area (Å²) in [4.78, 5) is 20.1. The predicted octanol–water partition coefficient (Wildman–Crippen LogP) is 4.50. The van der Waals surface area contributed by atoms with Crippen LogP contribution in [-0.4, -0.2) is 9.55 Å². The first-order valence-electron chi connectivity index (χ1n) is 9.20. The van der Waals surface area contributed by atoms with E-state index in [0.29, 0.717) is 19.0 Å². The van der Waals surface area contributed by atoms with Crippen LogP contribution < -0.4 is 10.9 Å². The number of nitrogens with zero attached hydrogens (tertiary/aromatic N) is 2. The Morgan fingerprint density at radius 2 is 2.15 bits per heavy atom. The van der Waals surface area contributed by atoms with Gasteiger partial charge in [-0.15, -0.1) is 11.3 Å². The molecule has 0 amide bonds. The summed E-state index contributed by atoms with van der Waals surface area (Å²) in [5.41, 5.74) is 2.10. The lowest BCUT2D eigenvalue weighted by Crippen LogP contribution is -2.25. The number of nitrogens with one attached hydrogen (secondary N) is 1. The Hall–Kier alpha value is -2.21. The molecule has 26 heavy (non-hydrogen) atoms. The van der Waals surface area contributed by atoms with Crippen LogP contribution in [0, 0.1) is 5.82 Å². The fraction of sp³-hybridized carbons (Fsp3) is 0.400. The molecule has 4 rings (SSSR count). The zero-order valence-corrected chi connectivity index (χ0v) is 15.7. The molecule has 2 heterocycles. The number of hydrogen-bond donors (Lipinski definition) is 1. The lowest BCUT2D eigenvalue weighted by Gasteiger charge is -2.14. The van der Waals surface area contributed by atoms with Crippen molar-refractivity contribution < 1.29 is 4.39 Å². The molecule has 0 unspecified atom stereocenters. The first-order chi connectivity index (χ1) is 12.7. The highest BCUT2D eigenvalue weighted by Gasteiger charge is 2.21. The number of halogens is 1. The van der Waals surface area contributed by atoms with Gasteiger partial charge in [0.05, 0.1) is 5.39 Å². The van der Waals surface area contributed by atoms with E-state index in [1.807, 2.05) is 6.07 Å². The minimum Gasteiger partial charge on any atom is -0.351 e. The lowest BCUT2D eigenvalue weighted by atomic mass is 9.97. The summed E-state index contributed by atoms with van der Waals surface area (Å²) in [6.07, 6.45) is 5.22. The van der Waals surface area contributed by atoms with Crippen LogP contribution in [0.1, 0.15) is 42.2 Å². The summed E-state index contributed by atoms with van der Waals surface area (Å²) >= 11 is 1.65. The van der Waals surface area contributed by atoms with Crippen LogP contribution in [0.15, 0.2) is 29.1 Å². The third kappa shape index (κ3) is 3.14. The van der Waals surface area contributed by atoms with Gasteiger partial charge < -0.3 is 5.32 Å². The van der Waals surface area contributed by atoms with E-state index in [2.05, 4.69) is 12.2 Å². The Kier molecular flexibility index (Phi) is 4.76. The Morgan fingerprint density at radius 1 is 1.31 bits per heavy atom. The van der Waals surface area contributed by atoms with E-state index in [4.69, 9.17) is 4.98 Å². The zero-order valence-electron chi connectivity index (χ0n) is 14.8. The zero-order chi connectivity index (χ0) is 18.1. The molecule has 3 aromatic rings. The van der Waals surface area contributed by atoms with Gasteiger partial charge in [0.25, 0.3) is 5.56 Å². The van der Waals surface area contributed by atoms with Crippen LogP contribution in [0.2, 0.25) is 0 Å². The monoisotopic (exact) mass is 371 g/mol. The molecule has 2 aromatic heterocycles. The van der Waals surface area contributed by atoms with Crippen molar-refractivity contribution in [3.63, 3.8) is 0 Å². The van der Waals surface area contributed by atoms with Crippen LogP contribution in [0.25, 0.3) is 10.2 Å². The molecular weight excluding hydrogens is 349 g/mol. The molecule has 6 heteroatoms. The van der Waals surface area contributed by atoms with E-state index < -0.39 is 0 Å². The van der Waals surface area contributed by atoms with Gasteiger partial charge in [-0.1, -0.05) is 19.1 Å². The molecule has 0 radical (unpaired) electrons. The third-order valence-electron chi connectivity index (χ3n) is 4.86. The van der Waals surface area contributed by atoms with Gasteiger partial charge >= 0.3 is 0 Å². The van der Waals surface area contributed by atoms with Crippen molar-refractivity contribution in [2.45, 2.75) is 52.1 Å². The quantitative estimate of drug-likeness (QED) is 0.718. The van der Waals surface area contributed by atoms with E-state index in [0.717, 1.165) is 41.5 Å². The summed E-state index contributed by atoms with van der Waals surface area (Å²) in [5, 5.41) is 4.06. The summed E-state index contributed by atoms with van der Waals surface area (Å²) in [5.74, 6) is 0.316. The largest absolute Gasteiger partial charge is 0.351 e. The molecule has 0 spiro atoms. The number of fused-ring (bicyclic) bond motifs is 3. The average Bonchev–Trinajstić information content (AvgIpc) is 3.01. The molecule has 1 aromatic carbocycles. The molecule has 0 atom stereocenters. The maximum atomic E-state index is 13.4. The summed E-state index contributed by atoms with van der Waals surface area (Å²) < 4.78 is 15.1. The molecule has 0 fully saturated rings. The average molecular weight is 371 g/mol. The SMILES string of the molecule is CCCn1c(NCc2cccc(F)c2)nc2sc3c(c2c1=O)CCCC3. The van der Waals surface area contributed by atoms with Crippen molar-refractivity contribution in [1.82, 2.24) is 9.55 Å². The third-order valence-corrected chi connectivity index (χ3v) is 6.05. The second kappa shape index (κ2) is 7.19. The van der Waals surface area contributed by atoms with Gasteiger partial charge in [0.2, 0.25) is 5.95 Å². The lowest BCUT2D eigenvalue weighted by molar-refractivity contribution is 0.625. The molecule has 4 nitrogen and oxygen atoms in total. The summed E-state index contributed by atoms with van der Waals surface area (Å²) in [7, 11) is 0. The van der Waals surface area contributed by atoms with Crippen molar-refractivity contribution in [1.29, 1.82) is 0 Å². The van der Waals surface area contributed by atoms with E-state index in [9.17, 15) is 9.18 Å². The summed E-state index contributed by atoms with van der Waals surface area (Å²) in [6, 6.07) is 6.48. The minimum absolute atomic E-state index is 0.0537. The van der Waals surface area contributed by atoms with Gasteiger partial charge in [-0.25, -0.2) is 9.37 Å². The number of anilines is 1. The van der Waals surface area contributed by atoms with Crippen LogP contribution in [0.5, 0.6) is 0 Å². The second-order valence-corrected chi connectivity index (χ2v) is 7.85. The Morgan fingerprint density at radius 3 is 2.96 bits per heavy atom. The Bertz CT molecular complexity index is 1010. The van der Waals surface area contributed by atoms with E-state index in [1.165, 1.54) is 29.0 Å². The maximum Gasteiger partial charge on any atom is 0.263 e. The van der Waals surface area contributed by atoms with Crippen LogP contribution >= 0.6 is 11.3 Å². The number of thiophene rings is 1. The van der Waals surface area contributed by atoms with Crippen molar-refractivity contribution in [2.24, 2.45) is 0 Å². The minimum atomic E-state index is -0.260. The van der Waals surface area contributed by atoms with Crippen LogP contribution in [-0.2, 0) is 25.9 Å². The molecule has 1 N–H and O–H groups in total. The first kappa shape index (κ1) is 17.2.